The molecule has 0 spiro atoms. The molecule has 2 aromatic carbocycles. The molecule has 0 aliphatic rings. The molecule has 3 aromatic rings. The van der Waals surface area contributed by atoms with Crippen molar-refractivity contribution in [2.75, 3.05) is 13.1 Å². The fraction of sp³-hybridized carbons (Fsp3) is 0.200. The van der Waals surface area contributed by atoms with Crippen LogP contribution in [0.15, 0.2) is 57.7 Å². The van der Waals surface area contributed by atoms with E-state index in [0.29, 0.717) is 47.4 Å². The summed E-state index contributed by atoms with van der Waals surface area (Å²) in [5.74, 6) is 0.213. The van der Waals surface area contributed by atoms with Crippen molar-refractivity contribution in [1.29, 1.82) is 0 Å². The maximum Gasteiger partial charge on any atom is 0.255 e. The molecule has 1 aromatic heterocycles. The third kappa shape index (κ3) is 3.32. The van der Waals surface area contributed by atoms with Gasteiger partial charge in [-0.15, -0.1) is 0 Å². The monoisotopic (exact) mass is 336 g/mol. The van der Waals surface area contributed by atoms with E-state index in [9.17, 15) is 9.59 Å². The van der Waals surface area contributed by atoms with Crippen LogP contribution in [0.25, 0.3) is 22.3 Å². The van der Waals surface area contributed by atoms with Crippen molar-refractivity contribution in [2.45, 2.75) is 13.3 Å². The first-order chi connectivity index (χ1) is 12.1. The Balaban J connectivity index is 2.16. The molecule has 0 saturated carbocycles. The molecule has 5 nitrogen and oxygen atoms in total. The van der Waals surface area contributed by atoms with E-state index in [4.69, 9.17) is 10.2 Å². The van der Waals surface area contributed by atoms with Crippen LogP contribution >= 0.6 is 0 Å². The van der Waals surface area contributed by atoms with Gasteiger partial charge in [-0.25, -0.2) is 0 Å². The third-order valence-electron chi connectivity index (χ3n) is 4.09. The van der Waals surface area contributed by atoms with Crippen LogP contribution in [-0.4, -0.2) is 19.0 Å². The first kappa shape index (κ1) is 16.9. The van der Waals surface area contributed by atoms with Crippen molar-refractivity contribution < 1.29 is 9.21 Å². The fourth-order valence-electron chi connectivity index (χ4n) is 2.75. The molecule has 0 aliphatic carbocycles. The molecule has 5 heteroatoms. The molecule has 0 bridgehead atoms. The van der Waals surface area contributed by atoms with Gasteiger partial charge in [-0.05, 0) is 32.0 Å². The van der Waals surface area contributed by atoms with Gasteiger partial charge < -0.3 is 15.5 Å². The number of nitrogens with two attached hydrogens (primary N) is 1. The highest BCUT2D eigenvalue weighted by molar-refractivity contribution is 6.05. The van der Waals surface area contributed by atoms with Gasteiger partial charge in [0.1, 0.15) is 5.76 Å². The summed E-state index contributed by atoms with van der Waals surface area (Å²) in [5.41, 5.74) is 7.31. The van der Waals surface area contributed by atoms with Crippen molar-refractivity contribution in [3.63, 3.8) is 0 Å². The zero-order valence-electron chi connectivity index (χ0n) is 14.0. The number of rotatable bonds is 5. The van der Waals surface area contributed by atoms with Gasteiger partial charge in [0.2, 0.25) is 0 Å². The minimum absolute atomic E-state index is 0.128. The van der Waals surface area contributed by atoms with Crippen LogP contribution in [-0.2, 0) is 0 Å². The van der Waals surface area contributed by atoms with Gasteiger partial charge in [-0.3, -0.25) is 9.59 Å². The number of para-hydroxylation sites is 1. The predicted molar refractivity (Wildman–Crippen MR) is 98.7 cm³/mol. The van der Waals surface area contributed by atoms with Crippen molar-refractivity contribution in [1.82, 2.24) is 5.32 Å². The maximum atomic E-state index is 12.7. The Morgan fingerprint density at radius 2 is 1.88 bits per heavy atom. The van der Waals surface area contributed by atoms with E-state index >= 15 is 0 Å². The molecular weight excluding hydrogens is 316 g/mol. The Labute approximate surface area is 145 Å². The van der Waals surface area contributed by atoms with E-state index in [-0.39, 0.29) is 11.3 Å². The van der Waals surface area contributed by atoms with E-state index in [2.05, 4.69) is 5.32 Å². The molecule has 25 heavy (non-hydrogen) atoms. The fourth-order valence-corrected chi connectivity index (χ4v) is 2.75. The first-order valence-corrected chi connectivity index (χ1v) is 8.23. The SMILES string of the molecule is Cc1c(-c2ccccc2)oc2c(C(=O)NCCCN)cccc2c1=O. The molecule has 3 rings (SSSR count). The van der Waals surface area contributed by atoms with Crippen LogP contribution in [0, 0.1) is 6.92 Å². The number of hydrogen-bond donors (Lipinski definition) is 2. The van der Waals surface area contributed by atoms with Crippen LogP contribution in [0.3, 0.4) is 0 Å². The second-order valence-corrected chi connectivity index (χ2v) is 5.83. The van der Waals surface area contributed by atoms with E-state index < -0.39 is 0 Å². The van der Waals surface area contributed by atoms with Crippen LogP contribution in [0.4, 0.5) is 0 Å². The van der Waals surface area contributed by atoms with E-state index in [0.717, 1.165) is 5.56 Å². The lowest BCUT2D eigenvalue weighted by molar-refractivity contribution is 0.0954. The lowest BCUT2D eigenvalue weighted by Gasteiger charge is -2.10. The summed E-state index contributed by atoms with van der Waals surface area (Å²) in [7, 11) is 0. The van der Waals surface area contributed by atoms with Crippen LogP contribution in [0.2, 0.25) is 0 Å². The number of nitrogens with one attached hydrogen (secondary N) is 1. The van der Waals surface area contributed by atoms with Gasteiger partial charge in [-0.2, -0.15) is 0 Å². The summed E-state index contributed by atoms with van der Waals surface area (Å²) in [6, 6.07) is 14.4. The smallest absolute Gasteiger partial charge is 0.255 e. The average molecular weight is 336 g/mol. The van der Waals surface area contributed by atoms with E-state index in [1.165, 1.54) is 0 Å². The Hall–Kier alpha value is -2.92. The Morgan fingerprint density at radius 1 is 1.12 bits per heavy atom. The Bertz CT molecular complexity index is 962. The van der Waals surface area contributed by atoms with Gasteiger partial charge in [0.15, 0.2) is 11.0 Å². The van der Waals surface area contributed by atoms with Crippen LogP contribution < -0.4 is 16.5 Å². The van der Waals surface area contributed by atoms with Gasteiger partial charge >= 0.3 is 0 Å². The molecule has 1 heterocycles. The molecular formula is C20H20N2O3. The lowest BCUT2D eigenvalue weighted by atomic mass is 10.0. The maximum absolute atomic E-state index is 12.7. The zero-order valence-corrected chi connectivity index (χ0v) is 14.0. The minimum atomic E-state index is -0.273. The Kier molecular flexibility index (Phi) is 4.95. The molecule has 0 aliphatic heterocycles. The van der Waals surface area contributed by atoms with E-state index in [1.54, 1.807) is 25.1 Å². The van der Waals surface area contributed by atoms with Gasteiger partial charge in [0.05, 0.1) is 10.9 Å². The number of benzene rings is 2. The van der Waals surface area contributed by atoms with Gasteiger partial charge in [-0.1, -0.05) is 36.4 Å². The summed E-state index contributed by atoms with van der Waals surface area (Å²) in [4.78, 5) is 25.2. The summed E-state index contributed by atoms with van der Waals surface area (Å²) in [5, 5.41) is 3.21. The number of carbonyl (C=O) groups is 1. The predicted octanol–water partition coefficient (Wildman–Crippen LogP) is 2.85. The molecule has 3 N–H and O–H groups in total. The van der Waals surface area contributed by atoms with Crippen LogP contribution in [0.5, 0.6) is 0 Å². The van der Waals surface area contributed by atoms with Gasteiger partial charge in [0, 0.05) is 17.7 Å². The molecule has 128 valence electrons. The largest absolute Gasteiger partial charge is 0.455 e. The molecule has 0 saturated heterocycles. The highest BCUT2D eigenvalue weighted by Gasteiger charge is 2.17. The molecule has 0 radical (unpaired) electrons. The summed E-state index contributed by atoms with van der Waals surface area (Å²) >= 11 is 0. The summed E-state index contributed by atoms with van der Waals surface area (Å²) in [6.45, 7) is 2.72. The normalized spacial score (nSPS) is 10.8. The second kappa shape index (κ2) is 7.32. The minimum Gasteiger partial charge on any atom is -0.455 e. The molecule has 0 fully saturated rings. The summed E-state index contributed by atoms with van der Waals surface area (Å²) < 4.78 is 6.03. The quantitative estimate of drug-likeness (QED) is 0.702. The van der Waals surface area contributed by atoms with Gasteiger partial charge in [0.25, 0.3) is 5.91 Å². The topological polar surface area (TPSA) is 85.3 Å². The number of hydrogen-bond acceptors (Lipinski definition) is 4. The number of amides is 1. The Morgan fingerprint density at radius 3 is 2.60 bits per heavy atom. The molecule has 0 unspecified atom stereocenters. The van der Waals surface area contributed by atoms with Crippen molar-refractivity contribution in [3.05, 3.63) is 69.9 Å². The third-order valence-corrected chi connectivity index (χ3v) is 4.09. The average Bonchev–Trinajstić information content (AvgIpc) is 2.65. The highest BCUT2D eigenvalue weighted by atomic mass is 16.3. The molecule has 0 atom stereocenters. The second-order valence-electron chi connectivity index (χ2n) is 5.83. The van der Waals surface area contributed by atoms with Crippen LogP contribution in [0.1, 0.15) is 22.3 Å². The lowest BCUT2D eigenvalue weighted by Crippen LogP contribution is -2.26. The van der Waals surface area contributed by atoms with Crippen molar-refractivity contribution >= 4 is 16.9 Å². The highest BCUT2D eigenvalue weighted by Crippen LogP contribution is 2.27. The zero-order chi connectivity index (χ0) is 17.8. The standard InChI is InChI=1S/C20H20N2O3/c1-13-17(23)15-9-5-10-16(20(24)22-12-6-11-21)19(15)25-18(13)14-7-3-2-4-8-14/h2-5,7-10H,6,11-12,21H2,1H3,(H,22,24). The molecule has 1 amide bonds. The first-order valence-electron chi connectivity index (χ1n) is 8.23. The number of fused-ring (bicyclic) bond motifs is 1. The van der Waals surface area contributed by atoms with Crippen molar-refractivity contribution in [2.24, 2.45) is 5.73 Å². The number of carbonyl (C=O) groups excluding carboxylic acids is 1. The van der Waals surface area contributed by atoms with Crippen molar-refractivity contribution in [3.8, 4) is 11.3 Å². The van der Waals surface area contributed by atoms with E-state index in [1.807, 2.05) is 30.3 Å². The summed E-state index contributed by atoms with van der Waals surface area (Å²) in [6.07, 6.45) is 0.689.